The first kappa shape index (κ1) is 22.6. The van der Waals surface area contributed by atoms with Crippen LogP contribution in [0.2, 0.25) is 25.7 Å². The Kier molecular flexibility index (Phi) is 10.6. The number of rotatable bonds is 9. The van der Waals surface area contributed by atoms with Gasteiger partial charge in [-0.3, -0.25) is 9.59 Å². The highest BCUT2D eigenvalue weighted by Gasteiger charge is 2.19. The van der Waals surface area contributed by atoms with E-state index in [2.05, 4.69) is 19.6 Å². The van der Waals surface area contributed by atoms with E-state index in [1.807, 2.05) is 30.3 Å². The molecule has 1 aromatic carbocycles. The Morgan fingerprint density at radius 2 is 1.75 bits per heavy atom. The van der Waals surface area contributed by atoms with Crippen LogP contribution in [0.15, 0.2) is 30.3 Å². The standard InChI is InChI=1S/C17H27NO4Si.ClH/c1-23(2,3)12-11-21-17(20)15(18)9-10-16(19)22-13-14-7-5-4-6-8-14;/h4-8,15H,9-13,18H2,1-3H3;1H. The van der Waals surface area contributed by atoms with E-state index in [-0.39, 0.29) is 37.8 Å². The minimum atomic E-state index is -1.23. The molecule has 0 amide bonds. The lowest BCUT2D eigenvalue weighted by molar-refractivity contribution is -0.147. The Bertz CT molecular complexity index is 505. The molecule has 0 spiro atoms. The van der Waals surface area contributed by atoms with Crippen molar-refractivity contribution in [2.45, 2.75) is 51.2 Å². The monoisotopic (exact) mass is 373 g/mol. The third-order valence-corrected chi connectivity index (χ3v) is 5.01. The average molecular weight is 374 g/mol. The van der Waals surface area contributed by atoms with Gasteiger partial charge in [0.1, 0.15) is 12.6 Å². The van der Waals surface area contributed by atoms with Gasteiger partial charge in [0, 0.05) is 14.5 Å². The van der Waals surface area contributed by atoms with Crippen molar-refractivity contribution in [2.75, 3.05) is 6.61 Å². The van der Waals surface area contributed by atoms with Crippen LogP contribution in [0.5, 0.6) is 0 Å². The number of halogens is 1. The van der Waals surface area contributed by atoms with Crippen LogP contribution >= 0.6 is 12.4 Å². The number of carbonyl (C=O) groups excluding carboxylic acids is 2. The summed E-state index contributed by atoms with van der Waals surface area (Å²) in [4.78, 5) is 23.4. The number of nitrogens with two attached hydrogens (primary N) is 1. The molecule has 0 fully saturated rings. The van der Waals surface area contributed by atoms with Crippen molar-refractivity contribution in [2.24, 2.45) is 5.73 Å². The molecular weight excluding hydrogens is 346 g/mol. The van der Waals surface area contributed by atoms with Crippen LogP contribution in [0, 0.1) is 0 Å². The van der Waals surface area contributed by atoms with Gasteiger partial charge in [-0.2, -0.15) is 0 Å². The van der Waals surface area contributed by atoms with Crippen molar-refractivity contribution in [1.29, 1.82) is 0 Å². The minimum Gasteiger partial charge on any atom is -0.465 e. The van der Waals surface area contributed by atoms with E-state index in [4.69, 9.17) is 15.2 Å². The SMILES string of the molecule is C[Si](C)(C)CCOC(=O)C(N)CCC(=O)OCc1ccccc1.Cl. The maximum absolute atomic E-state index is 11.7. The van der Waals surface area contributed by atoms with Gasteiger partial charge in [0.15, 0.2) is 0 Å². The van der Waals surface area contributed by atoms with E-state index in [0.29, 0.717) is 6.61 Å². The first-order chi connectivity index (χ1) is 10.8. The minimum absolute atomic E-state index is 0. The van der Waals surface area contributed by atoms with Crippen LogP contribution in [0.3, 0.4) is 0 Å². The van der Waals surface area contributed by atoms with Crippen molar-refractivity contribution in [3.05, 3.63) is 35.9 Å². The molecule has 5 nitrogen and oxygen atoms in total. The third kappa shape index (κ3) is 10.4. The van der Waals surface area contributed by atoms with Gasteiger partial charge in [-0.05, 0) is 18.0 Å². The lowest BCUT2D eigenvalue weighted by Crippen LogP contribution is -2.34. The predicted octanol–water partition coefficient (Wildman–Crippen LogP) is 3.14. The number of carbonyl (C=O) groups is 2. The summed E-state index contributed by atoms with van der Waals surface area (Å²) < 4.78 is 10.3. The van der Waals surface area contributed by atoms with Gasteiger partial charge >= 0.3 is 11.9 Å². The van der Waals surface area contributed by atoms with Gasteiger partial charge < -0.3 is 15.2 Å². The zero-order valence-electron chi connectivity index (χ0n) is 14.6. The fourth-order valence-electron chi connectivity index (χ4n) is 1.77. The van der Waals surface area contributed by atoms with E-state index in [0.717, 1.165) is 11.6 Å². The number of ether oxygens (including phenoxy) is 2. The first-order valence-corrected chi connectivity index (χ1v) is 11.6. The van der Waals surface area contributed by atoms with Crippen LogP contribution < -0.4 is 5.73 Å². The fourth-order valence-corrected chi connectivity index (χ4v) is 2.48. The quantitative estimate of drug-likeness (QED) is 0.531. The van der Waals surface area contributed by atoms with Gasteiger partial charge in [0.05, 0.1) is 6.61 Å². The van der Waals surface area contributed by atoms with E-state index >= 15 is 0 Å². The van der Waals surface area contributed by atoms with Gasteiger partial charge in [0.2, 0.25) is 0 Å². The smallest absolute Gasteiger partial charge is 0.322 e. The Labute approximate surface area is 151 Å². The molecule has 0 aromatic heterocycles. The van der Waals surface area contributed by atoms with E-state index in [9.17, 15) is 9.59 Å². The van der Waals surface area contributed by atoms with E-state index in [1.54, 1.807) is 0 Å². The Hall–Kier alpha value is -1.37. The molecular formula is C17H28ClNO4Si. The van der Waals surface area contributed by atoms with E-state index in [1.165, 1.54) is 0 Å². The molecule has 1 atom stereocenters. The van der Waals surface area contributed by atoms with Gasteiger partial charge in [-0.25, -0.2) is 0 Å². The van der Waals surface area contributed by atoms with Crippen LogP contribution in [-0.2, 0) is 25.7 Å². The molecule has 1 aromatic rings. The molecule has 0 aliphatic heterocycles. The molecule has 0 aliphatic carbocycles. The molecule has 136 valence electrons. The molecule has 2 N–H and O–H groups in total. The molecule has 0 saturated heterocycles. The largest absolute Gasteiger partial charge is 0.465 e. The highest BCUT2D eigenvalue weighted by atomic mass is 35.5. The van der Waals surface area contributed by atoms with Crippen LogP contribution in [0.1, 0.15) is 18.4 Å². The topological polar surface area (TPSA) is 78.6 Å². The fraction of sp³-hybridized carbons (Fsp3) is 0.529. The normalized spacial score (nSPS) is 12.0. The number of hydrogen-bond donors (Lipinski definition) is 1. The molecule has 1 rings (SSSR count). The van der Waals surface area contributed by atoms with Gasteiger partial charge in [-0.15, -0.1) is 12.4 Å². The molecule has 0 bridgehead atoms. The summed E-state index contributed by atoms with van der Waals surface area (Å²) in [5.74, 6) is -0.807. The van der Waals surface area contributed by atoms with Crippen molar-refractivity contribution >= 4 is 32.4 Å². The van der Waals surface area contributed by atoms with Crippen molar-refractivity contribution in [3.8, 4) is 0 Å². The third-order valence-electron chi connectivity index (χ3n) is 3.30. The van der Waals surface area contributed by atoms with E-state index < -0.39 is 20.1 Å². The maximum atomic E-state index is 11.7. The van der Waals surface area contributed by atoms with Crippen molar-refractivity contribution in [1.82, 2.24) is 0 Å². The van der Waals surface area contributed by atoms with Crippen LogP contribution in [-0.4, -0.2) is 32.7 Å². The molecule has 0 aliphatic rings. The lowest BCUT2D eigenvalue weighted by Gasteiger charge is -2.16. The number of benzene rings is 1. The molecule has 7 heteroatoms. The van der Waals surface area contributed by atoms with Crippen LogP contribution in [0.25, 0.3) is 0 Å². The Balaban J connectivity index is 0.00000529. The number of hydrogen-bond acceptors (Lipinski definition) is 5. The highest BCUT2D eigenvalue weighted by molar-refractivity contribution is 6.76. The summed E-state index contributed by atoms with van der Waals surface area (Å²) >= 11 is 0. The second-order valence-electron chi connectivity index (χ2n) is 6.77. The highest BCUT2D eigenvalue weighted by Crippen LogP contribution is 2.09. The summed E-state index contributed by atoms with van der Waals surface area (Å²) in [5, 5.41) is 0. The van der Waals surface area contributed by atoms with Gasteiger partial charge in [-0.1, -0.05) is 50.0 Å². The van der Waals surface area contributed by atoms with Gasteiger partial charge in [0.25, 0.3) is 0 Å². The van der Waals surface area contributed by atoms with Crippen LogP contribution in [0.4, 0.5) is 0 Å². The molecule has 1 unspecified atom stereocenters. The first-order valence-electron chi connectivity index (χ1n) is 7.90. The lowest BCUT2D eigenvalue weighted by atomic mass is 10.2. The number of esters is 2. The summed E-state index contributed by atoms with van der Waals surface area (Å²) in [7, 11) is -1.23. The molecule has 0 heterocycles. The summed E-state index contributed by atoms with van der Waals surface area (Å²) in [6, 6.07) is 9.57. The zero-order chi connectivity index (χ0) is 17.3. The summed E-state index contributed by atoms with van der Waals surface area (Å²) in [6.45, 7) is 7.27. The predicted molar refractivity (Wildman–Crippen MR) is 99.8 cm³/mol. The zero-order valence-corrected chi connectivity index (χ0v) is 16.4. The molecule has 0 saturated carbocycles. The average Bonchev–Trinajstić information content (AvgIpc) is 2.50. The Morgan fingerprint density at radius 1 is 1.12 bits per heavy atom. The second kappa shape index (κ2) is 11.2. The second-order valence-corrected chi connectivity index (χ2v) is 12.4. The maximum Gasteiger partial charge on any atom is 0.322 e. The van der Waals surface area contributed by atoms with Crippen molar-refractivity contribution < 1.29 is 19.1 Å². The summed E-state index contributed by atoms with van der Waals surface area (Å²) in [5.41, 5.74) is 6.68. The Morgan fingerprint density at radius 3 is 2.33 bits per heavy atom. The molecule has 24 heavy (non-hydrogen) atoms. The van der Waals surface area contributed by atoms with Crippen molar-refractivity contribution in [3.63, 3.8) is 0 Å². The summed E-state index contributed by atoms with van der Waals surface area (Å²) in [6.07, 6.45) is 0.344. The molecule has 0 radical (unpaired) electrons.